The van der Waals surface area contributed by atoms with Crippen molar-refractivity contribution < 1.29 is 4.79 Å². The van der Waals surface area contributed by atoms with Crippen LogP contribution in [0.25, 0.3) is 0 Å². The molecule has 1 rings (SSSR count). The summed E-state index contributed by atoms with van der Waals surface area (Å²) in [7, 11) is 0. The fourth-order valence-corrected chi connectivity index (χ4v) is 2.94. The van der Waals surface area contributed by atoms with Crippen molar-refractivity contribution in [2.45, 2.75) is 84.2 Å². The second-order valence-corrected chi connectivity index (χ2v) is 7.40. The van der Waals surface area contributed by atoms with Gasteiger partial charge in [-0.3, -0.25) is 4.79 Å². The molecule has 106 valence electrons. The van der Waals surface area contributed by atoms with Crippen molar-refractivity contribution in [3.8, 4) is 0 Å². The van der Waals surface area contributed by atoms with Crippen LogP contribution < -0.4 is 11.1 Å². The van der Waals surface area contributed by atoms with Crippen LogP contribution in [0.15, 0.2) is 0 Å². The van der Waals surface area contributed by atoms with Crippen molar-refractivity contribution in [1.82, 2.24) is 5.32 Å². The minimum atomic E-state index is -0.0304. The molecule has 0 radical (unpaired) electrons. The first-order valence-electron chi connectivity index (χ1n) is 7.27. The molecule has 3 N–H and O–H groups in total. The van der Waals surface area contributed by atoms with E-state index in [-0.39, 0.29) is 22.9 Å². The smallest absolute Gasteiger partial charge is 0.221 e. The molecule has 0 bridgehead atoms. The molecule has 3 nitrogen and oxygen atoms in total. The highest BCUT2D eigenvalue weighted by Crippen LogP contribution is 2.28. The Morgan fingerprint density at radius 2 is 1.83 bits per heavy atom. The standard InChI is InChI=1S/C15H30N2O/c1-14(2,3)11-12(16)10-13(18)17-15(4)8-6-5-7-9-15/h12H,5-11,16H2,1-4H3,(H,17,18). The van der Waals surface area contributed by atoms with E-state index < -0.39 is 0 Å². The lowest BCUT2D eigenvalue weighted by molar-refractivity contribution is -0.123. The molecular weight excluding hydrogens is 224 g/mol. The van der Waals surface area contributed by atoms with Crippen LogP contribution in [0.5, 0.6) is 0 Å². The second kappa shape index (κ2) is 6.05. The van der Waals surface area contributed by atoms with Crippen LogP contribution in [0.4, 0.5) is 0 Å². The highest BCUT2D eigenvalue weighted by Gasteiger charge is 2.29. The summed E-state index contributed by atoms with van der Waals surface area (Å²) in [6.45, 7) is 8.65. The minimum Gasteiger partial charge on any atom is -0.351 e. The summed E-state index contributed by atoms with van der Waals surface area (Å²) in [5, 5.41) is 3.19. The van der Waals surface area contributed by atoms with Crippen LogP contribution in [0, 0.1) is 5.41 Å². The number of rotatable bonds is 4. The van der Waals surface area contributed by atoms with Crippen molar-refractivity contribution in [2.24, 2.45) is 11.1 Å². The van der Waals surface area contributed by atoms with Crippen molar-refractivity contribution in [1.29, 1.82) is 0 Å². The predicted molar refractivity (Wildman–Crippen MR) is 76.3 cm³/mol. The van der Waals surface area contributed by atoms with Crippen LogP contribution in [0.3, 0.4) is 0 Å². The Kier molecular flexibility index (Phi) is 5.20. The van der Waals surface area contributed by atoms with Crippen LogP contribution in [0.1, 0.15) is 72.6 Å². The summed E-state index contributed by atoms with van der Waals surface area (Å²) >= 11 is 0. The summed E-state index contributed by atoms with van der Waals surface area (Å²) in [4.78, 5) is 12.0. The van der Waals surface area contributed by atoms with Gasteiger partial charge in [0.05, 0.1) is 0 Å². The maximum absolute atomic E-state index is 12.0. The first-order valence-corrected chi connectivity index (χ1v) is 7.27. The lowest BCUT2D eigenvalue weighted by Crippen LogP contribution is -2.48. The molecule has 1 unspecified atom stereocenters. The van der Waals surface area contributed by atoms with E-state index in [1.807, 2.05) is 0 Å². The number of carbonyl (C=O) groups is 1. The highest BCUT2D eigenvalue weighted by molar-refractivity contribution is 5.77. The molecule has 1 amide bonds. The van der Waals surface area contributed by atoms with Gasteiger partial charge in [-0.25, -0.2) is 0 Å². The molecule has 1 aliphatic rings. The largest absolute Gasteiger partial charge is 0.351 e. The minimum absolute atomic E-state index is 0.0107. The Morgan fingerprint density at radius 1 is 1.28 bits per heavy atom. The molecule has 0 saturated heterocycles. The Hall–Kier alpha value is -0.570. The number of nitrogens with two attached hydrogens (primary N) is 1. The molecule has 1 atom stereocenters. The van der Waals surface area contributed by atoms with E-state index in [9.17, 15) is 4.79 Å². The summed E-state index contributed by atoms with van der Waals surface area (Å²) in [6.07, 6.45) is 7.30. The molecule has 0 heterocycles. The second-order valence-electron chi connectivity index (χ2n) is 7.40. The van der Waals surface area contributed by atoms with Gasteiger partial charge in [-0.2, -0.15) is 0 Å². The quantitative estimate of drug-likeness (QED) is 0.810. The van der Waals surface area contributed by atoms with E-state index in [1.165, 1.54) is 19.3 Å². The Labute approximate surface area is 112 Å². The summed E-state index contributed by atoms with van der Waals surface area (Å²) < 4.78 is 0. The van der Waals surface area contributed by atoms with Gasteiger partial charge in [-0.05, 0) is 31.6 Å². The molecule has 0 aromatic heterocycles. The molecule has 0 aliphatic heterocycles. The summed E-state index contributed by atoms with van der Waals surface area (Å²) in [6, 6.07) is -0.0304. The zero-order valence-corrected chi connectivity index (χ0v) is 12.5. The third-order valence-electron chi connectivity index (χ3n) is 3.72. The van der Waals surface area contributed by atoms with Crippen molar-refractivity contribution in [3.05, 3.63) is 0 Å². The molecule has 18 heavy (non-hydrogen) atoms. The Morgan fingerprint density at radius 3 is 2.33 bits per heavy atom. The van der Waals surface area contributed by atoms with Crippen LogP contribution in [0.2, 0.25) is 0 Å². The zero-order valence-electron chi connectivity index (χ0n) is 12.5. The first-order chi connectivity index (χ1) is 8.20. The van der Waals surface area contributed by atoms with Crippen LogP contribution >= 0.6 is 0 Å². The van der Waals surface area contributed by atoms with Gasteiger partial charge < -0.3 is 11.1 Å². The molecule has 3 heteroatoms. The third kappa shape index (κ3) is 5.85. The maximum atomic E-state index is 12.0. The molecule has 0 aromatic carbocycles. The van der Waals surface area contributed by atoms with E-state index in [1.54, 1.807) is 0 Å². The number of amides is 1. The molecule has 1 saturated carbocycles. The van der Waals surface area contributed by atoms with E-state index in [4.69, 9.17) is 5.73 Å². The van der Waals surface area contributed by atoms with Gasteiger partial charge in [-0.1, -0.05) is 40.0 Å². The van der Waals surface area contributed by atoms with Gasteiger partial charge >= 0.3 is 0 Å². The predicted octanol–water partition coefficient (Wildman–Crippen LogP) is 2.98. The lowest BCUT2D eigenvalue weighted by atomic mass is 9.83. The fourth-order valence-electron chi connectivity index (χ4n) is 2.94. The summed E-state index contributed by atoms with van der Waals surface area (Å²) in [5.74, 6) is 0.121. The third-order valence-corrected chi connectivity index (χ3v) is 3.72. The Balaban J connectivity index is 2.36. The van der Waals surface area contributed by atoms with Gasteiger partial charge in [-0.15, -0.1) is 0 Å². The zero-order chi connectivity index (χ0) is 13.8. The lowest BCUT2D eigenvalue weighted by Gasteiger charge is -2.35. The van der Waals surface area contributed by atoms with Crippen molar-refractivity contribution in [2.75, 3.05) is 0 Å². The fraction of sp³-hybridized carbons (Fsp3) is 0.933. The Bertz CT molecular complexity index is 275. The summed E-state index contributed by atoms with van der Waals surface area (Å²) in [5.41, 5.74) is 6.25. The van der Waals surface area contributed by atoms with Crippen LogP contribution in [-0.4, -0.2) is 17.5 Å². The molecule has 0 aromatic rings. The van der Waals surface area contributed by atoms with Gasteiger partial charge in [0.2, 0.25) is 5.91 Å². The van der Waals surface area contributed by atoms with E-state index in [0.29, 0.717) is 6.42 Å². The number of carbonyl (C=O) groups excluding carboxylic acids is 1. The monoisotopic (exact) mass is 254 g/mol. The molecular formula is C15H30N2O. The SMILES string of the molecule is CC(C)(C)CC(N)CC(=O)NC1(C)CCCCC1. The van der Waals surface area contributed by atoms with Gasteiger partial charge in [0.25, 0.3) is 0 Å². The van der Waals surface area contributed by atoms with Gasteiger partial charge in [0, 0.05) is 18.0 Å². The normalized spacial score (nSPS) is 21.4. The number of hydrogen-bond acceptors (Lipinski definition) is 2. The van der Waals surface area contributed by atoms with Crippen LogP contribution in [-0.2, 0) is 4.79 Å². The first kappa shape index (κ1) is 15.5. The average molecular weight is 254 g/mol. The van der Waals surface area contributed by atoms with E-state index in [0.717, 1.165) is 19.3 Å². The van der Waals surface area contributed by atoms with E-state index in [2.05, 4.69) is 33.0 Å². The molecule has 0 spiro atoms. The van der Waals surface area contributed by atoms with Crippen molar-refractivity contribution in [3.63, 3.8) is 0 Å². The molecule has 1 fully saturated rings. The van der Waals surface area contributed by atoms with Gasteiger partial charge in [0.15, 0.2) is 0 Å². The molecule has 1 aliphatic carbocycles. The average Bonchev–Trinajstić information content (AvgIpc) is 2.13. The number of nitrogens with one attached hydrogen (secondary N) is 1. The number of hydrogen-bond donors (Lipinski definition) is 2. The maximum Gasteiger partial charge on any atom is 0.221 e. The highest BCUT2D eigenvalue weighted by atomic mass is 16.1. The van der Waals surface area contributed by atoms with E-state index >= 15 is 0 Å². The van der Waals surface area contributed by atoms with Gasteiger partial charge in [0.1, 0.15) is 0 Å². The topological polar surface area (TPSA) is 55.1 Å². The van der Waals surface area contributed by atoms with Crippen molar-refractivity contribution >= 4 is 5.91 Å².